The zero-order valence-electron chi connectivity index (χ0n) is 22.3. The number of halogens is 1. The van der Waals surface area contributed by atoms with Gasteiger partial charge in [0.05, 0.1) is 11.7 Å². The maximum Gasteiger partial charge on any atom is 0.287 e. The standard InChI is InChI=1S/C31H34FN5O/c1-21-9-12-33-29(15-21)27-17-28(32)31(38)37(20-27)22(2)25-5-4-6-26(16-25)30-34-18-24(19-35-30)8-7-23-10-13-36(3)14-11-23/h4-6,9,12,15-20,22-23H,7-8,10-11,13-14H2,1-3H3/t22-/m1/s1. The number of piperidine rings is 1. The lowest BCUT2D eigenvalue weighted by Crippen LogP contribution is -2.30. The first-order valence-electron chi connectivity index (χ1n) is 13.3. The molecule has 1 aliphatic rings. The molecular formula is C31H34FN5O. The number of hydrogen-bond acceptors (Lipinski definition) is 5. The normalized spacial score (nSPS) is 15.5. The summed E-state index contributed by atoms with van der Waals surface area (Å²) < 4.78 is 16.1. The average molecular weight is 512 g/mol. The van der Waals surface area contributed by atoms with E-state index in [0.29, 0.717) is 17.1 Å². The van der Waals surface area contributed by atoms with E-state index >= 15 is 0 Å². The fraction of sp³-hybridized carbons (Fsp3) is 0.355. The number of rotatable bonds is 7. The van der Waals surface area contributed by atoms with Gasteiger partial charge in [-0.15, -0.1) is 0 Å². The molecule has 7 heteroatoms. The zero-order valence-corrected chi connectivity index (χ0v) is 22.3. The first kappa shape index (κ1) is 25.9. The molecule has 0 aliphatic carbocycles. The Balaban J connectivity index is 1.34. The van der Waals surface area contributed by atoms with Gasteiger partial charge in [0.1, 0.15) is 0 Å². The van der Waals surface area contributed by atoms with Crippen LogP contribution >= 0.6 is 0 Å². The summed E-state index contributed by atoms with van der Waals surface area (Å²) in [5.41, 5.74) is 4.43. The van der Waals surface area contributed by atoms with E-state index in [0.717, 1.165) is 34.6 Å². The largest absolute Gasteiger partial charge is 0.306 e. The van der Waals surface area contributed by atoms with Crippen molar-refractivity contribution in [1.82, 2.24) is 24.4 Å². The summed E-state index contributed by atoms with van der Waals surface area (Å²) in [5.74, 6) is 0.615. The number of nitrogens with zero attached hydrogens (tertiary/aromatic N) is 5. The molecule has 0 unspecified atom stereocenters. The number of hydrogen-bond donors (Lipinski definition) is 0. The van der Waals surface area contributed by atoms with Crippen molar-refractivity contribution in [3.05, 3.63) is 100 Å². The second kappa shape index (κ2) is 11.4. The van der Waals surface area contributed by atoms with Crippen LogP contribution in [0.25, 0.3) is 22.6 Å². The molecular weight excluding hydrogens is 477 g/mol. The summed E-state index contributed by atoms with van der Waals surface area (Å²) in [6.45, 7) is 6.21. The quantitative estimate of drug-likeness (QED) is 0.319. The van der Waals surface area contributed by atoms with Crippen LogP contribution in [0.4, 0.5) is 4.39 Å². The molecule has 5 rings (SSSR count). The molecule has 1 atom stereocenters. The molecule has 0 radical (unpaired) electrons. The lowest BCUT2D eigenvalue weighted by molar-refractivity contribution is 0.212. The van der Waals surface area contributed by atoms with Gasteiger partial charge in [-0.2, -0.15) is 0 Å². The predicted octanol–water partition coefficient (Wildman–Crippen LogP) is 5.70. The lowest BCUT2D eigenvalue weighted by Gasteiger charge is -2.28. The third-order valence-electron chi connectivity index (χ3n) is 7.64. The van der Waals surface area contributed by atoms with Crippen molar-refractivity contribution < 1.29 is 4.39 Å². The van der Waals surface area contributed by atoms with E-state index < -0.39 is 17.4 Å². The summed E-state index contributed by atoms with van der Waals surface area (Å²) in [4.78, 5) is 28.8. The van der Waals surface area contributed by atoms with E-state index in [1.807, 2.05) is 62.6 Å². The molecule has 1 aliphatic heterocycles. The Kier molecular flexibility index (Phi) is 7.74. The highest BCUT2D eigenvalue weighted by atomic mass is 19.1. The van der Waals surface area contributed by atoms with Crippen molar-refractivity contribution in [2.24, 2.45) is 5.92 Å². The summed E-state index contributed by atoms with van der Waals surface area (Å²) >= 11 is 0. The van der Waals surface area contributed by atoms with Gasteiger partial charge >= 0.3 is 0 Å². The van der Waals surface area contributed by atoms with Crippen molar-refractivity contribution in [2.45, 2.75) is 45.6 Å². The second-order valence-electron chi connectivity index (χ2n) is 10.5. The highest BCUT2D eigenvalue weighted by molar-refractivity contribution is 5.59. The SMILES string of the molecule is Cc1ccnc(-c2cc(F)c(=O)n([C@H](C)c3cccc(-c4ncc(CCC5CCN(C)CC5)cn4)c3)c2)c1. The van der Waals surface area contributed by atoms with E-state index in [1.165, 1.54) is 43.0 Å². The maximum absolute atomic E-state index is 14.7. The van der Waals surface area contributed by atoms with Gasteiger partial charge in [0.2, 0.25) is 0 Å². The van der Waals surface area contributed by atoms with Gasteiger partial charge in [0.15, 0.2) is 11.6 Å². The lowest BCUT2D eigenvalue weighted by atomic mass is 9.91. The minimum Gasteiger partial charge on any atom is -0.306 e. The van der Waals surface area contributed by atoms with Crippen molar-refractivity contribution in [3.63, 3.8) is 0 Å². The molecule has 0 bridgehead atoms. The smallest absolute Gasteiger partial charge is 0.287 e. The molecule has 1 aromatic carbocycles. The van der Waals surface area contributed by atoms with Crippen LogP contribution in [0.5, 0.6) is 0 Å². The molecule has 38 heavy (non-hydrogen) atoms. The molecule has 196 valence electrons. The first-order chi connectivity index (χ1) is 18.4. The third kappa shape index (κ3) is 5.89. The number of aromatic nitrogens is 4. The first-order valence-corrected chi connectivity index (χ1v) is 13.3. The van der Waals surface area contributed by atoms with E-state index in [-0.39, 0.29) is 0 Å². The highest BCUT2D eigenvalue weighted by Crippen LogP contribution is 2.26. The molecule has 1 saturated heterocycles. The van der Waals surface area contributed by atoms with Gasteiger partial charge in [-0.1, -0.05) is 18.2 Å². The van der Waals surface area contributed by atoms with Crippen LogP contribution in [0, 0.1) is 18.7 Å². The van der Waals surface area contributed by atoms with Gasteiger partial charge in [0, 0.05) is 35.9 Å². The zero-order chi connectivity index (χ0) is 26.6. The Morgan fingerprint density at radius 2 is 1.79 bits per heavy atom. The summed E-state index contributed by atoms with van der Waals surface area (Å²) in [6.07, 6.45) is 11.9. The Morgan fingerprint density at radius 1 is 1.03 bits per heavy atom. The third-order valence-corrected chi connectivity index (χ3v) is 7.64. The van der Waals surface area contributed by atoms with E-state index in [9.17, 15) is 9.18 Å². The van der Waals surface area contributed by atoms with Crippen LogP contribution < -0.4 is 5.56 Å². The van der Waals surface area contributed by atoms with Gasteiger partial charge in [-0.3, -0.25) is 9.78 Å². The number of pyridine rings is 2. The van der Waals surface area contributed by atoms with Crippen LogP contribution in [0.2, 0.25) is 0 Å². The minimum atomic E-state index is -0.798. The molecule has 6 nitrogen and oxygen atoms in total. The number of aryl methyl sites for hydroxylation is 2. The van der Waals surface area contributed by atoms with E-state index in [2.05, 4.69) is 26.9 Å². The summed E-state index contributed by atoms with van der Waals surface area (Å²) in [7, 11) is 2.19. The van der Waals surface area contributed by atoms with Crippen LogP contribution in [-0.4, -0.2) is 44.6 Å². The molecule has 0 N–H and O–H groups in total. The van der Waals surface area contributed by atoms with Crippen LogP contribution in [0.15, 0.2) is 72.0 Å². The Labute approximate surface area is 223 Å². The molecule has 0 amide bonds. The summed E-state index contributed by atoms with van der Waals surface area (Å²) in [5, 5.41) is 0. The number of benzene rings is 1. The molecule has 4 aromatic rings. The average Bonchev–Trinajstić information content (AvgIpc) is 2.94. The van der Waals surface area contributed by atoms with Crippen molar-refractivity contribution >= 4 is 0 Å². The Morgan fingerprint density at radius 3 is 2.53 bits per heavy atom. The van der Waals surface area contributed by atoms with Crippen LogP contribution in [0.1, 0.15) is 48.9 Å². The number of likely N-dealkylation sites (tertiary alicyclic amines) is 1. The highest BCUT2D eigenvalue weighted by Gasteiger charge is 2.18. The fourth-order valence-corrected chi connectivity index (χ4v) is 5.14. The summed E-state index contributed by atoms with van der Waals surface area (Å²) in [6, 6.07) is 12.4. The topological polar surface area (TPSA) is 63.9 Å². The minimum absolute atomic E-state index is 0.393. The van der Waals surface area contributed by atoms with E-state index in [1.54, 1.807) is 12.4 Å². The molecule has 0 saturated carbocycles. The monoisotopic (exact) mass is 511 g/mol. The predicted molar refractivity (Wildman–Crippen MR) is 148 cm³/mol. The van der Waals surface area contributed by atoms with Crippen molar-refractivity contribution in [1.29, 1.82) is 0 Å². The maximum atomic E-state index is 14.7. The molecule has 0 spiro atoms. The Hall–Kier alpha value is -3.71. The van der Waals surface area contributed by atoms with Crippen molar-refractivity contribution in [3.8, 4) is 22.6 Å². The molecule has 4 heterocycles. The van der Waals surface area contributed by atoms with Crippen LogP contribution in [0.3, 0.4) is 0 Å². The van der Waals surface area contributed by atoms with Gasteiger partial charge in [-0.25, -0.2) is 14.4 Å². The second-order valence-corrected chi connectivity index (χ2v) is 10.5. The molecule has 1 fully saturated rings. The Bertz CT molecular complexity index is 1460. The fourth-order valence-electron chi connectivity index (χ4n) is 5.14. The van der Waals surface area contributed by atoms with Gasteiger partial charge in [-0.05, 0) is 107 Å². The van der Waals surface area contributed by atoms with Crippen LogP contribution in [-0.2, 0) is 6.42 Å². The van der Waals surface area contributed by atoms with E-state index in [4.69, 9.17) is 0 Å². The van der Waals surface area contributed by atoms with Crippen molar-refractivity contribution in [2.75, 3.05) is 20.1 Å². The van der Waals surface area contributed by atoms with Gasteiger partial charge < -0.3 is 9.47 Å². The van der Waals surface area contributed by atoms with Gasteiger partial charge in [0.25, 0.3) is 5.56 Å². The molecule has 3 aromatic heterocycles.